The van der Waals surface area contributed by atoms with E-state index in [9.17, 15) is 0 Å². The zero-order valence-electron chi connectivity index (χ0n) is 11.5. The number of hydrogen-bond acceptors (Lipinski definition) is 4. The third-order valence-electron chi connectivity index (χ3n) is 2.97. The number of rotatable bonds is 6. The molecule has 0 spiro atoms. The van der Waals surface area contributed by atoms with E-state index in [2.05, 4.69) is 29.4 Å². The van der Waals surface area contributed by atoms with Gasteiger partial charge >= 0.3 is 0 Å². The molecule has 19 heavy (non-hydrogen) atoms. The Morgan fingerprint density at radius 3 is 2.89 bits per heavy atom. The minimum atomic E-state index is 0.607. The van der Waals surface area contributed by atoms with E-state index >= 15 is 0 Å². The Bertz CT molecular complexity index is 536. The lowest BCUT2D eigenvalue weighted by Crippen LogP contribution is -2.11. The van der Waals surface area contributed by atoms with Gasteiger partial charge in [0.05, 0.1) is 25.0 Å². The fourth-order valence-corrected chi connectivity index (χ4v) is 2.05. The third kappa shape index (κ3) is 3.32. The van der Waals surface area contributed by atoms with Crippen LogP contribution in [0.2, 0.25) is 0 Å². The fourth-order valence-electron chi connectivity index (χ4n) is 2.05. The quantitative estimate of drug-likeness (QED) is 0.855. The molecule has 5 heteroatoms. The Morgan fingerprint density at radius 1 is 1.37 bits per heavy atom. The van der Waals surface area contributed by atoms with Crippen molar-refractivity contribution in [3.05, 3.63) is 41.2 Å². The molecule has 102 valence electrons. The molecule has 1 aromatic carbocycles. The Labute approximate surface area is 113 Å². The molecule has 2 aromatic rings. The summed E-state index contributed by atoms with van der Waals surface area (Å²) in [5.74, 6) is 0.937. The topological polar surface area (TPSA) is 66.0 Å². The van der Waals surface area contributed by atoms with Crippen LogP contribution < -0.4 is 10.5 Å². The average Bonchev–Trinajstić information content (AvgIpc) is 2.81. The molecular formula is C14H20N4O. The lowest BCUT2D eigenvalue weighted by atomic mass is 10.1. The predicted molar refractivity (Wildman–Crippen MR) is 74.2 cm³/mol. The Morgan fingerprint density at radius 2 is 2.21 bits per heavy atom. The van der Waals surface area contributed by atoms with Crippen LogP contribution in [0.4, 0.5) is 0 Å². The van der Waals surface area contributed by atoms with E-state index in [1.165, 1.54) is 5.56 Å². The van der Waals surface area contributed by atoms with E-state index in [-0.39, 0.29) is 0 Å². The van der Waals surface area contributed by atoms with Crippen molar-refractivity contribution >= 4 is 0 Å². The van der Waals surface area contributed by atoms with E-state index in [0.717, 1.165) is 23.4 Å². The van der Waals surface area contributed by atoms with Crippen LogP contribution in [0.3, 0.4) is 0 Å². The molecule has 1 heterocycles. The maximum absolute atomic E-state index is 5.57. The molecule has 2 N–H and O–H groups in total. The number of aromatic nitrogens is 3. The molecular weight excluding hydrogens is 240 g/mol. The summed E-state index contributed by atoms with van der Waals surface area (Å²) < 4.78 is 7.43. The van der Waals surface area contributed by atoms with E-state index in [4.69, 9.17) is 10.5 Å². The van der Waals surface area contributed by atoms with Crippen molar-refractivity contribution in [1.82, 2.24) is 15.0 Å². The van der Waals surface area contributed by atoms with Gasteiger partial charge in [0.1, 0.15) is 5.75 Å². The van der Waals surface area contributed by atoms with Crippen molar-refractivity contribution in [2.75, 3.05) is 13.2 Å². The van der Waals surface area contributed by atoms with Gasteiger partial charge in [-0.2, -0.15) is 0 Å². The first-order chi connectivity index (χ1) is 9.24. The van der Waals surface area contributed by atoms with Crippen molar-refractivity contribution in [3.8, 4) is 5.75 Å². The van der Waals surface area contributed by atoms with Gasteiger partial charge in [0, 0.05) is 6.42 Å². The van der Waals surface area contributed by atoms with Crippen LogP contribution in [-0.2, 0) is 13.0 Å². The highest BCUT2D eigenvalue weighted by Gasteiger charge is 2.06. The summed E-state index contributed by atoms with van der Waals surface area (Å²) in [7, 11) is 0. The van der Waals surface area contributed by atoms with Gasteiger partial charge in [-0.05, 0) is 37.6 Å². The lowest BCUT2D eigenvalue weighted by molar-refractivity contribution is 0.337. The maximum atomic E-state index is 5.57. The van der Waals surface area contributed by atoms with Gasteiger partial charge in [-0.25, -0.2) is 4.68 Å². The summed E-state index contributed by atoms with van der Waals surface area (Å²) in [4.78, 5) is 0. The minimum absolute atomic E-state index is 0.607. The SMILES string of the molecule is CCOc1ccc(Cn2nncc2CCN)cc1C. The molecule has 0 aliphatic carbocycles. The first-order valence-electron chi connectivity index (χ1n) is 6.54. The second-order valence-corrected chi connectivity index (χ2v) is 4.45. The second-order valence-electron chi connectivity index (χ2n) is 4.45. The van der Waals surface area contributed by atoms with Gasteiger partial charge in [0.25, 0.3) is 0 Å². The number of ether oxygens (including phenoxy) is 1. The molecule has 0 radical (unpaired) electrons. The van der Waals surface area contributed by atoms with Crippen molar-refractivity contribution in [2.24, 2.45) is 5.73 Å². The van der Waals surface area contributed by atoms with E-state index < -0.39 is 0 Å². The maximum Gasteiger partial charge on any atom is 0.122 e. The summed E-state index contributed by atoms with van der Waals surface area (Å²) in [5, 5.41) is 8.04. The highest BCUT2D eigenvalue weighted by atomic mass is 16.5. The number of benzene rings is 1. The highest BCUT2D eigenvalue weighted by Crippen LogP contribution is 2.19. The van der Waals surface area contributed by atoms with Crippen molar-refractivity contribution in [1.29, 1.82) is 0 Å². The van der Waals surface area contributed by atoms with Crippen LogP contribution in [-0.4, -0.2) is 28.1 Å². The van der Waals surface area contributed by atoms with E-state index in [1.807, 2.05) is 17.7 Å². The zero-order chi connectivity index (χ0) is 13.7. The van der Waals surface area contributed by atoms with Crippen molar-refractivity contribution < 1.29 is 4.74 Å². The molecule has 0 fully saturated rings. The van der Waals surface area contributed by atoms with Gasteiger partial charge in [-0.1, -0.05) is 17.3 Å². The first-order valence-corrected chi connectivity index (χ1v) is 6.54. The molecule has 0 aliphatic rings. The molecule has 0 unspecified atom stereocenters. The molecule has 0 atom stereocenters. The molecule has 0 amide bonds. The van der Waals surface area contributed by atoms with Gasteiger partial charge in [-0.15, -0.1) is 5.10 Å². The Hall–Kier alpha value is -1.88. The average molecular weight is 260 g/mol. The van der Waals surface area contributed by atoms with Gasteiger partial charge in [-0.3, -0.25) is 0 Å². The number of aryl methyl sites for hydroxylation is 1. The first kappa shape index (κ1) is 13.5. The predicted octanol–water partition coefficient (Wildman–Crippen LogP) is 1.53. The Kier molecular flexibility index (Phi) is 4.52. The van der Waals surface area contributed by atoms with Gasteiger partial charge in [0.2, 0.25) is 0 Å². The number of nitrogens with zero attached hydrogens (tertiary/aromatic N) is 3. The smallest absolute Gasteiger partial charge is 0.122 e. The summed E-state index contributed by atoms with van der Waals surface area (Å²) >= 11 is 0. The standard InChI is InChI=1S/C14H20N4O/c1-3-19-14-5-4-12(8-11(14)2)10-18-13(6-7-15)9-16-17-18/h4-5,8-9H,3,6-7,10,15H2,1-2H3. The number of hydrogen-bond donors (Lipinski definition) is 1. The van der Waals surface area contributed by atoms with Crippen molar-refractivity contribution in [3.63, 3.8) is 0 Å². The van der Waals surface area contributed by atoms with Crippen LogP contribution in [0.25, 0.3) is 0 Å². The lowest BCUT2D eigenvalue weighted by Gasteiger charge is -2.10. The molecule has 0 saturated carbocycles. The summed E-state index contributed by atoms with van der Waals surface area (Å²) in [6.45, 7) is 6.04. The van der Waals surface area contributed by atoms with Gasteiger partial charge in [0.15, 0.2) is 0 Å². The van der Waals surface area contributed by atoms with Crippen molar-refractivity contribution in [2.45, 2.75) is 26.8 Å². The van der Waals surface area contributed by atoms with E-state index in [1.54, 1.807) is 6.20 Å². The normalized spacial score (nSPS) is 10.7. The minimum Gasteiger partial charge on any atom is -0.494 e. The van der Waals surface area contributed by atoms with Crippen LogP contribution in [0.1, 0.15) is 23.7 Å². The fraction of sp³-hybridized carbons (Fsp3) is 0.429. The van der Waals surface area contributed by atoms with Crippen LogP contribution >= 0.6 is 0 Å². The second kappa shape index (κ2) is 6.33. The summed E-state index contributed by atoms with van der Waals surface area (Å²) in [6.07, 6.45) is 2.57. The van der Waals surface area contributed by atoms with Crippen LogP contribution in [0.15, 0.2) is 24.4 Å². The molecule has 0 saturated heterocycles. The van der Waals surface area contributed by atoms with Crippen LogP contribution in [0, 0.1) is 6.92 Å². The van der Waals surface area contributed by atoms with Crippen LogP contribution in [0.5, 0.6) is 5.75 Å². The summed E-state index contributed by atoms with van der Waals surface area (Å²) in [6, 6.07) is 6.19. The molecule has 2 rings (SSSR count). The molecule has 0 aliphatic heterocycles. The van der Waals surface area contributed by atoms with E-state index in [0.29, 0.717) is 19.7 Å². The molecule has 1 aromatic heterocycles. The number of nitrogens with two attached hydrogens (primary N) is 1. The van der Waals surface area contributed by atoms with Gasteiger partial charge < -0.3 is 10.5 Å². The highest BCUT2D eigenvalue weighted by molar-refractivity contribution is 5.36. The zero-order valence-corrected chi connectivity index (χ0v) is 11.5. The largest absolute Gasteiger partial charge is 0.494 e. The Balaban J connectivity index is 2.14. The third-order valence-corrected chi connectivity index (χ3v) is 2.97. The monoisotopic (exact) mass is 260 g/mol. The molecule has 5 nitrogen and oxygen atoms in total. The summed E-state index contributed by atoms with van der Waals surface area (Å²) in [5.41, 5.74) is 8.96. The molecule has 0 bridgehead atoms.